The van der Waals surface area contributed by atoms with Crippen LogP contribution in [0.15, 0.2) is 12.1 Å². The first-order valence-corrected chi connectivity index (χ1v) is 6.20. The molecule has 0 amide bonds. The number of likely N-dealkylation sites (tertiary alicyclic amines) is 1. The van der Waals surface area contributed by atoms with Crippen molar-refractivity contribution < 1.29 is 0 Å². The van der Waals surface area contributed by atoms with Crippen molar-refractivity contribution in [2.45, 2.75) is 18.9 Å². The van der Waals surface area contributed by atoms with Gasteiger partial charge >= 0.3 is 0 Å². The molecule has 0 saturated carbocycles. The summed E-state index contributed by atoms with van der Waals surface area (Å²) in [7, 11) is 0. The van der Waals surface area contributed by atoms with Gasteiger partial charge in [0.1, 0.15) is 0 Å². The third-order valence-corrected chi connectivity index (χ3v) is 4.06. The maximum Gasteiger partial charge on any atom is 0.0931 e. The molecule has 1 unspecified atom stereocenters. The van der Waals surface area contributed by atoms with Gasteiger partial charge in [0.05, 0.1) is 10.4 Å². The van der Waals surface area contributed by atoms with Gasteiger partial charge in [0.25, 0.3) is 0 Å². The molecule has 0 bridgehead atoms. The van der Waals surface area contributed by atoms with Gasteiger partial charge in [0.15, 0.2) is 0 Å². The fourth-order valence-corrected chi connectivity index (χ4v) is 3.21. The minimum Gasteiger partial charge on any atom is -0.329 e. The molecule has 0 aliphatic carbocycles. The number of hydrogen-bond donors (Lipinski definition) is 1. The van der Waals surface area contributed by atoms with Crippen LogP contribution in [0, 0.1) is 0 Å². The molecule has 0 aromatic carbocycles. The smallest absolute Gasteiger partial charge is 0.0931 e. The Morgan fingerprint density at radius 2 is 2.14 bits per heavy atom. The van der Waals surface area contributed by atoms with Crippen LogP contribution >= 0.6 is 22.9 Å². The van der Waals surface area contributed by atoms with E-state index in [4.69, 9.17) is 17.3 Å². The van der Waals surface area contributed by atoms with Gasteiger partial charge in [-0.15, -0.1) is 11.3 Å². The summed E-state index contributed by atoms with van der Waals surface area (Å²) in [5.74, 6) is 0. The fraction of sp³-hybridized carbons (Fsp3) is 0.600. The molecule has 2 rings (SSSR count). The molecule has 1 aromatic heterocycles. The maximum absolute atomic E-state index is 5.93. The second-order valence-corrected chi connectivity index (χ2v) is 5.38. The van der Waals surface area contributed by atoms with E-state index in [0.717, 1.165) is 4.34 Å². The molecule has 0 spiro atoms. The van der Waals surface area contributed by atoms with E-state index in [9.17, 15) is 0 Å². The Morgan fingerprint density at radius 3 is 2.64 bits per heavy atom. The van der Waals surface area contributed by atoms with Crippen molar-refractivity contribution in [1.29, 1.82) is 0 Å². The summed E-state index contributed by atoms with van der Waals surface area (Å²) >= 11 is 7.58. The standard InChI is InChI=1S/C10H15ClN2S/c11-10-4-3-9(14-10)8(7-12)13-5-1-2-6-13/h3-4,8H,1-2,5-7,12H2. The number of halogens is 1. The summed E-state index contributed by atoms with van der Waals surface area (Å²) in [5.41, 5.74) is 5.82. The molecule has 1 aliphatic rings. The van der Waals surface area contributed by atoms with Gasteiger partial charge in [-0.05, 0) is 38.1 Å². The monoisotopic (exact) mass is 230 g/mol. The summed E-state index contributed by atoms with van der Waals surface area (Å²) in [4.78, 5) is 3.77. The normalized spacial score (nSPS) is 20.1. The van der Waals surface area contributed by atoms with Crippen LogP contribution in [-0.2, 0) is 0 Å². The topological polar surface area (TPSA) is 29.3 Å². The van der Waals surface area contributed by atoms with Crippen molar-refractivity contribution >= 4 is 22.9 Å². The highest BCUT2D eigenvalue weighted by molar-refractivity contribution is 7.16. The Hall–Kier alpha value is -0.0900. The molecular formula is C10H15ClN2S. The highest BCUT2D eigenvalue weighted by Crippen LogP contribution is 2.31. The molecule has 78 valence electrons. The zero-order valence-electron chi connectivity index (χ0n) is 8.08. The van der Waals surface area contributed by atoms with Crippen LogP contribution in [0.25, 0.3) is 0 Å². The van der Waals surface area contributed by atoms with Crippen LogP contribution in [0.5, 0.6) is 0 Å². The summed E-state index contributed by atoms with van der Waals surface area (Å²) in [6.45, 7) is 3.05. The second kappa shape index (κ2) is 4.62. The fourth-order valence-electron chi connectivity index (χ4n) is 2.01. The third kappa shape index (κ3) is 2.11. The Balaban J connectivity index is 2.12. The SMILES string of the molecule is NCC(c1ccc(Cl)s1)N1CCCC1. The predicted molar refractivity (Wildman–Crippen MR) is 61.9 cm³/mol. The van der Waals surface area contributed by atoms with Crippen molar-refractivity contribution in [2.24, 2.45) is 5.73 Å². The molecule has 1 aliphatic heterocycles. The lowest BCUT2D eigenvalue weighted by Gasteiger charge is -2.24. The number of thiophene rings is 1. The average Bonchev–Trinajstić information content (AvgIpc) is 2.79. The molecule has 0 radical (unpaired) electrons. The van der Waals surface area contributed by atoms with E-state index in [1.54, 1.807) is 11.3 Å². The van der Waals surface area contributed by atoms with Gasteiger partial charge in [-0.25, -0.2) is 0 Å². The van der Waals surface area contributed by atoms with Crippen molar-refractivity contribution in [3.63, 3.8) is 0 Å². The van der Waals surface area contributed by atoms with Crippen LogP contribution in [0.3, 0.4) is 0 Å². The summed E-state index contributed by atoms with van der Waals surface area (Å²) < 4.78 is 0.859. The van der Waals surface area contributed by atoms with Crippen LogP contribution in [0.1, 0.15) is 23.8 Å². The summed E-state index contributed by atoms with van der Waals surface area (Å²) in [6, 6.07) is 4.44. The molecule has 1 aromatic rings. The lowest BCUT2D eigenvalue weighted by atomic mass is 10.2. The molecule has 1 fully saturated rings. The number of rotatable bonds is 3. The maximum atomic E-state index is 5.93. The molecule has 1 atom stereocenters. The van der Waals surface area contributed by atoms with E-state index in [0.29, 0.717) is 12.6 Å². The van der Waals surface area contributed by atoms with Crippen molar-refractivity contribution in [3.05, 3.63) is 21.3 Å². The molecule has 14 heavy (non-hydrogen) atoms. The first kappa shape index (κ1) is 10.4. The Bertz CT molecular complexity index is 294. The van der Waals surface area contributed by atoms with E-state index >= 15 is 0 Å². The Kier molecular flexibility index (Phi) is 3.44. The lowest BCUT2D eigenvalue weighted by Crippen LogP contribution is -2.30. The summed E-state index contributed by atoms with van der Waals surface area (Å²) in [6.07, 6.45) is 2.60. The third-order valence-electron chi connectivity index (χ3n) is 2.73. The van der Waals surface area contributed by atoms with E-state index in [2.05, 4.69) is 11.0 Å². The van der Waals surface area contributed by atoms with Crippen molar-refractivity contribution in [2.75, 3.05) is 19.6 Å². The van der Waals surface area contributed by atoms with Crippen LogP contribution in [-0.4, -0.2) is 24.5 Å². The highest BCUT2D eigenvalue weighted by atomic mass is 35.5. The second-order valence-electron chi connectivity index (χ2n) is 3.64. The highest BCUT2D eigenvalue weighted by Gasteiger charge is 2.23. The van der Waals surface area contributed by atoms with E-state index < -0.39 is 0 Å². The van der Waals surface area contributed by atoms with Crippen molar-refractivity contribution in [3.8, 4) is 0 Å². The summed E-state index contributed by atoms with van der Waals surface area (Å²) in [5, 5.41) is 0. The van der Waals surface area contributed by atoms with Crippen molar-refractivity contribution in [1.82, 2.24) is 4.90 Å². The zero-order valence-corrected chi connectivity index (χ0v) is 9.65. The quantitative estimate of drug-likeness (QED) is 0.865. The Morgan fingerprint density at radius 1 is 1.43 bits per heavy atom. The van der Waals surface area contributed by atoms with Gasteiger partial charge in [0.2, 0.25) is 0 Å². The van der Waals surface area contributed by atoms with Crippen LogP contribution < -0.4 is 5.73 Å². The molecule has 4 heteroatoms. The largest absolute Gasteiger partial charge is 0.329 e. The van der Waals surface area contributed by atoms with E-state index in [1.165, 1.54) is 30.8 Å². The first-order valence-electron chi connectivity index (χ1n) is 5.00. The van der Waals surface area contributed by atoms with Gasteiger partial charge < -0.3 is 5.73 Å². The molecule has 2 N–H and O–H groups in total. The van der Waals surface area contributed by atoms with Gasteiger partial charge in [0, 0.05) is 11.4 Å². The lowest BCUT2D eigenvalue weighted by molar-refractivity contribution is 0.255. The number of nitrogens with two attached hydrogens (primary N) is 1. The predicted octanol–water partition coefficient (Wildman–Crippen LogP) is 2.50. The number of nitrogens with zero attached hydrogens (tertiary/aromatic N) is 1. The van der Waals surface area contributed by atoms with Gasteiger partial charge in [-0.2, -0.15) is 0 Å². The van der Waals surface area contributed by atoms with Gasteiger partial charge in [-0.3, -0.25) is 4.90 Å². The Labute approximate surface area is 93.7 Å². The number of hydrogen-bond acceptors (Lipinski definition) is 3. The van der Waals surface area contributed by atoms with E-state index in [1.807, 2.05) is 6.07 Å². The first-order chi connectivity index (χ1) is 6.81. The van der Waals surface area contributed by atoms with Crippen LogP contribution in [0.2, 0.25) is 4.34 Å². The minimum atomic E-state index is 0.384. The average molecular weight is 231 g/mol. The zero-order chi connectivity index (χ0) is 9.97. The van der Waals surface area contributed by atoms with E-state index in [-0.39, 0.29) is 0 Å². The van der Waals surface area contributed by atoms with Crippen LogP contribution in [0.4, 0.5) is 0 Å². The molecular weight excluding hydrogens is 216 g/mol. The molecule has 2 nitrogen and oxygen atoms in total. The van der Waals surface area contributed by atoms with Gasteiger partial charge in [-0.1, -0.05) is 11.6 Å². The minimum absolute atomic E-state index is 0.384. The molecule has 1 saturated heterocycles. The molecule has 2 heterocycles.